The van der Waals surface area contributed by atoms with Crippen LogP contribution in [0.5, 0.6) is 0 Å². The molecule has 0 heterocycles. The van der Waals surface area contributed by atoms with Crippen LogP contribution in [0, 0.1) is 0 Å². The van der Waals surface area contributed by atoms with Crippen molar-refractivity contribution >= 4 is 28.0 Å². The van der Waals surface area contributed by atoms with E-state index in [0.29, 0.717) is 11.7 Å². The van der Waals surface area contributed by atoms with Crippen LogP contribution >= 0.6 is 21.6 Å². The number of hydrazine groups is 1. The van der Waals surface area contributed by atoms with E-state index >= 15 is 0 Å². The molecule has 2 N–H and O–H groups in total. The van der Waals surface area contributed by atoms with E-state index in [0.717, 1.165) is 12.3 Å². The summed E-state index contributed by atoms with van der Waals surface area (Å²) in [5, 5.41) is 0.666. The smallest absolute Gasteiger partial charge is 0.221 e. The second-order valence-electron chi connectivity index (χ2n) is 2.16. The third-order valence-electron chi connectivity index (χ3n) is 0.732. The van der Waals surface area contributed by atoms with Crippen LogP contribution in [0.2, 0.25) is 0 Å². The number of hydrogen-bond acceptors (Lipinski definition) is 4. The zero-order valence-corrected chi connectivity index (χ0v) is 8.43. The fourth-order valence-corrected chi connectivity index (χ4v) is 2.30. The van der Waals surface area contributed by atoms with Crippen molar-refractivity contribution < 1.29 is 4.79 Å². The molecule has 0 saturated heterocycles. The standard InChI is InChI=1S/C6H14N2OS2/c1-6(2)11-10-4-3-7-8-5-9/h5-7H,3-4H2,1-2H3,(H,8,9). The highest BCUT2D eigenvalue weighted by atomic mass is 33.1. The molecule has 0 radical (unpaired) electrons. The average Bonchev–Trinajstić information content (AvgIpc) is 1.96. The highest BCUT2D eigenvalue weighted by molar-refractivity contribution is 8.76. The summed E-state index contributed by atoms with van der Waals surface area (Å²) in [6.45, 7) is 5.13. The molecule has 0 spiro atoms. The first kappa shape index (κ1) is 11.1. The molecule has 0 fully saturated rings. The van der Waals surface area contributed by atoms with E-state index in [-0.39, 0.29) is 0 Å². The Balaban J connectivity index is 2.85. The second-order valence-corrected chi connectivity index (χ2v) is 5.22. The molecule has 0 aliphatic heterocycles. The van der Waals surface area contributed by atoms with E-state index in [9.17, 15) is 4.79 Å². The van der Waals surface area contributed by atoms with Gasteiger partial charge in [-0.1, -0.05) is 35.4 Å². The molecule has 0 rings (SSSR count). The molecule has 66 valence electrons. The first-order chi connectivity index (χ1) is 5.27. The molecule has 5 heteroatoms. The Morgan fingerprint density at radius 2 is 2.27 bits per heavy atom. The van der Waals surface area contributed by atoms with E-state index in [1.807, 2.05) is 21.6 Å². The summed E-state index contributed by atoms with van der Waals surface area (Å²) in [5.74, 6) is 1.00. The van der Waals surface area contributed by atoms with Gasteiger partial charge in [0.2, 0.25) is 6.41 Å². The third-order valence-corrected chi connectivity index (χ3v) is 3.69. The molecule has 3 nitrogen and oxygen atoms in total. The van der Waals surface area contributed by atoms with E-state index in [4.69, 9.17) is 0 Å². The molecule has 0 aliphatic carbocycles. The van der Waals surface area contributed by atoms with Crippen LogP contribution in [0.15, 0.2) is 0 Å². The van der Waals surface area contributed by atoms with Gasteiger partial charge in [-0.05, 0) is 0 Å². The Kier molecular flexibility index (Phi) is 8.33. The summed E-state index contributed by atoms with van der Waals surface area (Å²) >= 11 is 0. The predicted octanol–water partition coefficient (Wildman–Crippen LogP) is 1.03. The number of carbonyl (C=O) groups is 1. The molecule has 0 aromatic carbocycles. The van der Waals surface area contributed by atoms with Crippen molar-refractivity contribution in [3.63, 3.8) is 0 Å². The first-order valence-corrected chi connectivity index (χ1v) is 5.86. The summed E-state index contributed by atoms with van der Waals surface area (Å²) in [6, 6.07) is 0. The van der Waals surface area contributed by atoms with E-state index in [1.54, 1.807) is 0 Å². The molecule has 0 bridgehead atoms. The van der Waals surface area contributed by atoms with Gasteiger partial charge in [0.25, 0.3) is 0 Å². The highest BCUT2D eigenvalue weighted by Crippen LogP contribution is 2.24. The minimum atomic E-state index is 0.639. The van der Waals surface area contributed by atoms with Gasteiger partial charge >= 0.3 is 0 Å². The van der Waals surface area contributed by atoms with Crippen molar-refractivity contribution in [1.82, 2.24) is 10.9 Å². The van der Waals surface area contributed by atoms with E-state index < -0.39 is 0 Å². The molecular weight excluding hydrogens is 180 g/mol. The van der Waals surface area contributed by atoms with Crippen LogP contribution in [-0.2, 0) is 4.79 Å². The van der Waals surface area contributed by atoms with Gasteiger partial charge in [-0.3, -0.25) is 10.2 Å². The van der Waals surface area contributed by atoms with Crippen LogP contribution < -0.4 is 10.9 Å². The Morgan fingerprint density at radius 3 is 2.82 bits per heavy atom. The zero-order chi connectivity index (χ0) is 8.53. The van der Waals surface area contributed by atoms with Gasteiger partial charge in [0, 0.05) is 17.5 Å². The lowest BCUT2D eigenvalue weighted by molar-refractivity contribution is -0.110. The number of hydrogen-bond donors (Lipinski definition) is 2. The monoisotopic (exact) mass is 194 g/mol. The van der Waals surface area contributed by atoms with Gasteiger partial charge < -0.3 is 0 Å². The normalized spacial score (nSPS) is 10.1. The van der Waals surface area contributed by atoms with Crippen LogP contribution in [0.3, 0.4) is 0 Å². The van der Waals surface area contributed by atoms with Crippen molar-refractivity contribution in [3.05, 3.63) is 0 Å². The molecule has 0 aromatic heterocycles. The maximum Gasteiger partial charge on any atom is 0.221 e. The Bertz CT molecular complexity index is 101. The summed E-state index contributed by atoms with van der Waals surface area (Å²) in [6.07, 6.45) is 0.639. The second kappa shape index (κ2) is 8.23. The number of carbonyl (C=O) groups excluding carboxylic acids is 1. The molecule has 0 aromatic rings. The lowest BCUT2D eigenvalue weighted by Crippen LogP contribution is -2.31. The lowest BCUT2D eigenvalue weighted by Gasteiger charge is -2.03. The molecule has 0 unspecified atom stereocenters. The Labute approximate surface area is 75.4 Å². The van der Waals surface area contributed by atoms with Gasteiger partial charge in [-0.25, -0.2) is 5.43 Å². The van der Waals surface area contributed by atoms with Gasteiger partial charge in [0.15, 0.2) is 0 Å². The largest absolute Gasteiger partial charge is 0.294 e. The van der Waals surface area contributed by atoms with Gasteiger partial charge in [-0.2, -0.15) is 0 Å². The molecule has 1 amide bonds. The maximum absolute atomic E-state index is 9.76. The summed E-state index contributed by atoms with van der Waals surface area (Å²) in [5.41, 5.74) is 5.14. The van der Waals surface area contributed by atoms with Gasteiger partial charge in [0.05, 0.1) is 0 Å². The molecule has 0 aliphatic rings. The van der Waals surface area contributed by atoms with E-state index in [1.165, 1.54) is 0 Å². The van der Waals surface area contributed by atoms with Crippen molar-refractivity contribution in [2.45, 2.75) is 19.1 Å². The Morgan fingerprint density at radius 1 is 1.55 bits per heavy atom. The predicted molar refractivity (Wildman–Crippen MR) is 52.4 cm³/mol. The van der Waals surface area contributed by atoms with Crippen LogP contribution in [0.1, 0.15) is 13.8 Å². The quantitative estimate of drug-likeness (QED) is 0.275. The van der Waals surface area contributed by atoms with Crippen molar-refractivity contribution in [2.24, 2.45) is 0 Å². The molecule has 0 saturated carbocycles. The van der Waals surface area contributed by atoms with Crippen LogP contribution in [0.25, 0.3) is 0 Å². The fraction of sp³-hybridized carbons (Fsp3) is 0.833. The average molecular weight is 194 g/mol. The molecular formula is C6H14N2OS2. The van der Waals surface area contributed by atoms with Crippen LogP contribution in [-0.4, -0.2) is 24.0 Å². The molecule has 11 heavy (non-hydrogen) atoms. The van der Waals surface area contributed by atoms with Gasteiger partial charge in [0.1, 0.15) is 0 Å². The lowest BCUT2D eigenvalue weighted by atomic mass is 10.6. The fourth-order valence-electron chi connectivity index (χ4n) is 0.391. The van der Waals surface area contributed by atoms with Crippen LogP contribution in [0.4, 0.5) is 0 Å². The molecule has 0 atom stereocenters. The SMILES string of the molecule is CC(C)SSCCNNC=O. The minimum Gasteiger partial charge on any atom is -0.294 e. The van der Waals surface area contributed by atoms with Crippen molar-refractivity contribution in [2.75, 3.05) is 12.3 Å². The number of rotatable bonds is 7. The summed E-state index contributed by atoms with van der Waals surface area (Å²) in [4.78, 5) is 9.76. The third kappa shape index (κ3) is 10.1. The van der Waals surface area contributed by atoms with Crippen molar-refractivity contribution in [3.8, 4) is 0 Å². The first-order valence-electron chi connectivity index (χ1n) is 3.47. The van der Waals surface area contributed by atoms with Gasteiger partial charge in [-0.15, -0.1) is 0 Å². The zero-order valence-electron chi connectivity index (χ0n) is 6.79. The summed E-state index contributed by atoms with van der Waals surface area (Å²) < 4.78 is 0. The topological polar surface area (TPSA) is 41.1 Å². The maximum atomic E-state index is 9.76. The number of nitrogens with one attached hydrogen (secondary N) is 2. The van der Waals surface area contributed by atoms with E-state index in [2.05, 4.69) is 24.7 Å². The highest BCUT2D eigenvalue weighted by Gasteiger charge is 1.93. The number of amides is 1. The Hall–Kier alpha value is 0.130. The van der Waals surface area contributed by atoms with Crippen molar-refractivity contribution in [1.29, 1.82) is 0 Å². The minimum absolute atomic E-state index is 0.639. The summed E-state index contributed by atoms with van der Waals surface area (Å²) in [7, 11) is 3.66.